The lowest BCUT2D eigenvalue weighted by molar-refractivity contribution is -0.134. The highest BCUT2D eigenvalue weighted by atomic mass is 35.5. The van der Waals surface area contributed by atoms with Crippen molar-refractivity contribution in [1.82, 2.24) is 4.90 Å². The smallest absolute Gasteiger partial charge is 0.227 e. The van der Waals surface area contributed by atoms with Gasteiger partial charge in [0.05, 0.1) is 0 Å². The Morgan fingerprint density at radius 3 is 2.39 bits per heavy atom. The summed E-state index contributed by atoms with van der Waals surface area (Å²) in [5, 5.41) is 2.79. The lowest BCUT2D eigenvalue weighted by Crippen LogP contribution is -2.42. The third-order valence-corrected chi connectivity index (χ3v) is 3.83. The molecule has 2 amide bonds. The topological polar surface area (TPSA) is 75.4 Å². The van der Waals surface area contributed by atoms with Crippen molar-refractivity contribution in [2.75, 3.05) is 18.4 Å². The Bertz CT molecular complexity index is 529. The average Bonchev–Trinajstić information content (AvgIpc) is 2.49. The Kier molecular flexibility index (Phi) is 7.45. The first kappa shape index (κ1) is 19.4. The van der Waals surface area contributed by atoms with Crippen LogP contribution in [0.5, 0.6) is 0 Å². The predicted octanol–water partition coefficient (Wildman–Crippen LogP) is 2.16. The summed E-state index contributed by atoms with van der Waals surface area (Å²) in [6.45, 7) is 2.96. The summed E-state index contributed by atoms with van der Waals surface area (Å²) >= 11 is 0. The molecule has 1 fully saturated rings. The van der Waals surface area contributed by atoms with Crippen LogP contribution in [0.2, 0.25) is 0 Å². The van der Waals surface area contributed by atoms with E-state index >= 15 is 0 Å². The van der Waals surface area contributed by atoms with Crippen molar-refractivity contribution < 1.29 is 14.0 Å². The first-order chi connectivity index (χ1) is 10.5. The fraction of sp³-hybridized carbons (Fsp3) is 0.500. The molecule has 2 rings (SSSR count). The van der Waals surface area contributed by atoms with Crippen LogP contribution in [-0.4, -0.2) is 35.8 Å². The van der Waals surface area contributed by atoms with Gasteiger partial charge in [0.25, 0.3) is 0 Å². The lowest BCUT2D eigenvalue weighted by atomic mass is 9.95. The van der Waals surface area contributed by atoms with E-state index < -0.39 is 0 Å². The molecule has 0 radical (unpaired) electrons. The molecular formula is C16H23ClFN3O2. The summed E-state index contributed by atoms with van der Waals surface area (Å²) in [7, 11) is 0. The van der Waals surface area contributed by atoms with Crippen LogP contribution < -0.4 is 11.1 Å². The van der Waals surface area contributed by atoms with Gasteiger partial charge < -0.3 is 16.0 Å². The summed E-state index contributed by atoms with van der Waals surface area (Å²) in [5.41, 5.74) is 6.22. The zero-order valence-corrected chi connectivity index (χ0v) is 13.9. The number of halogens is 2. The summed E-state index contributed by atoms with van der Waals surface area (Å²) in [6, 6.07) is 5.55. The monoisotopic (exact) mass is 343 g/mol. The molecule has 5 nitrogen and oxygen atoms in total. The van der Waals surface area contributed by atoms with Gasteiger partial charge in [-0.05, 0) is 44.0 Å². The molecule has 23 heavy (non-hydrogen) atoms. The highest BCUT2D eigenvalue weighted by Gasteiger charge is 2.27. The molecule has 1 unspecified atom stereocenters. The van der Waals surface area contributed by atoms with Gasteiger partial charge >= 0.3 is 0 Å². The molecular weight excluding hydrogens is 321 g/mol. The van der Waals surface area contributed by atoms with Gasteiger partial charge in [-0.15, -0.1) is 12.4 Å². The second-order valence-electron chi connectivity index (χ2n) is 5.83. The number of nitrogens with zero attached hydrogens (tertiary/aromatic N) is 1. The number of likely N-dealkylation sites (tertiary alicyclic amines) is 1. The Labute approximate surface area is 141 Å². The maximum absolute atomic E-state index is 12.8. The number of hydrogen-bond acceptors (Lipinski definition) is 3. The Morgan fingerprint density at radius 2 is 1.87 bits per heavy atom. The number of nitrogens with one attached hydrogen (secondary N) is 1. The standard InChI is InChI=1S/C16H22FN3O2.ClH/c1-11(18)10-15(21)20-8-6-12(7-9-20)16(22)19-14-4-2-13(17)3-5-14;/h2-5,11-12H,6-10,18H2,1H3,(H,19,22);1H. The number of benzene rings is 1. The third-order valence-electron chi connectivity index (χ3n) is 3.83. The zero-order chi connectivity index (χ0) is 16.1. The molecule has 0 bridgehead atoms. The summed E-state index contributed by atoms with van der Waals surface area (Å²) in [5.74, 6) is -0.485. The van der Waals surface area contributed by atoms with Gasteiger partial charge in [0, 0.05) is 37.2 Å². The SMILES string of the molecule is CC(N)CC(=O)N1CCC(C(=O)Nc2ccc(F)cc2)CC1.Cl. The molecule has 1 heterocycles. The predicted molar refractivity (Wildman–Crippen MR) is 89.8 cm³/mol. The molecule has 1 aromatic rings. The zero-order valence-electron chi connectivity index (χ0n) is 13.1. The highest BCUT2D eigenvalue weighted by molar-refractivity contribution is 5.92. The van der Waals surface area contributed by atoms with E-state index in [0.717, 1.165) is 0 Å². The van der Waals surface area contributed by atoms with Crippen molar-refractivity contribution in [3.05, 3.63) is 30.1 Å². The molecule has 0 spiro atoms. The van der Waals surface area contributed by atoms with Crippen molar-refractivity contribution in [2.24, 2.45) is 11.7 Å². The van der Waals surface area contributed by atoms with E-state index in [1.54, 1.807) is 11.8 Å². The molecule has 7 heteroatoms. The first-order valence-electron chi connectivity index (χ1n) is 7.55. The minimum atomic E-state index is -0.334. The fourth-order valence-electron chi connectivity index (χ4n) is 2.57. The third kappa shape index (κ3) is 5.80. The van der Waals surface area contributed by atoms with Crippen LogP contribution in [0.4, 0.5) is 10.1 Å². The number of carbonyl (C=O) groups is 2. The number of nitrogens with two attached hydrogens (primary N) is 1. The number of hydrogen-bond donors (Lipinski definition) is 2. The number of rotatable bonds is 4. The second-order valence-corrected chi connectivity index (χ2v) is 5.83. The molecule has 1 aliphatic heterocycles. The minimum Gasteiger partial charge on any atom is -0.343 e. The maximum atomic E-state index is 12.8. The van der Waals surface area contributed by atoms with Crippen LogP contribution in [-0.2, 0) is 9.59 Å². The Hall–Kier alpha value is -1.66. The summed E-state index contributed by atoms with van der Waals surface area (Å²) in [6.07, 6.45) is 1.61. The van der Waals surface area contributed by atoms with E-state index in [4.69, 9.17) is 5.73 Å². The average molecular weight is 344 g/mol. The molecule has 3 N–H and O–H groups in total. The van der Waals surface area contributed by atoms with Gasteiger partial charge in [-0.3, -0.25) is 9.59 Å². The van der Waals surface area contributed by atoms with Crippen LogP contribution in [0.15, 0.2) is 24.3 Å². The van der Waals surface area contributed by atoms with Crippen LogP contribution in [0.1, 0.15) is 26.2 Å². The minimum absolute atomic E-state index is 0. The molecule has 0 aromatic heterocycles. The van der Waals surface area contributed by atoms with Crippen molar-refractivity contribution in [3.8, 4) is 0 Å². The normalized spacial score (nSPS) is 16.4. The van der Waals surface area contributed by atoms with E-state index in [9.17, 15) is 14.0 Å². The van der Waals surface area contributed by atoms with Crippen LogP contribution in [0.25, 0.3) is 0 Å². The van der Waals surface area contributed by atoms with Gasteiger partial charge in [0.1, 0.15) is 5.82 Å². The Morgan fingerprint density at radius 1 is 1.30 bits per heavy atom. The summed E-state index contributed by atoms with van der Waals surface area (Å²) < 4.78 is 12.8. The van der Waals surface area contributed by atoms with E-state index in [-0.39, 0.29) is 42.0 Å². The number of piperidine rings is 1. The van der Waals surface area contributed by atoms with E-state index in [1.807, 2.05) is 0 Å². The van der Waals surface area contributed by atoms with Gasteiger partial charge in [0.2, 0.25) is 11.8 Å². The van der Waals surface area contributed by atoms with E-state index in [1.165, 1.54) is 24.3 Å². The van der Waals surface area contributed by atoms with Gasteiger partial charge in [-0.25, -0.2) is 4.39 Å². The number of anilines is 1. The van der Waals surface area contributed by atoms with Crippen molar-refractivity contribution in [1.29, 1.82) is 0 Å². The number of carbonyl (C=O) groups excluding carboxylic acids is 2. The van der Waals surface area contributed by atoms with Crippen molar-refractivity contribution in [2.45, 2.75) is 32.2 Å². The molecule has 1 aromatic carbocycles. The molecule has 0 aliphatic carbocycles. The first-order valence-corrected chi connectivity index (χ1v) is 7.55. The van der Waals surface area contributed by atoms with Crippen LogP contribution in [0.3, 0.4) is 0 Å². The lowest BCUT2D eigenvalue weighted by Gasteiger charge is -2.31. The molecule has 1 aliphatic rings. The van der Waals surface area contributed by atoms with E-state index in [0.29, 0.717) is 38.0 Å². The van der Waals surface area contributed by atoms with Crippen LogP contribution >= 0.6 is 12.4 Å². The second kappa shape index (κ2) is 8.84. The van der Waals surface area contributed by atoms with Gasteiger partial charge in [-0.2, -0.15) is 0 Å². The Balaban J connectivity index is 0.00000264. The molecule has 1 atom stereocenters. The summed E-state index contributed by atoms with van der Waals surface area (Å²) in [4.78, 5) is 25.9. The fourth-order valence-corrected chi connectivity index (χ4v) is 2.57. The molecule has 0 saturated carbocycles. The van der Waals surface area contributed by atoms with E-state index in [2.05, 4.69) is 5.32 Å². The number of amides is 2. The van der Waals surface area contributed by atoms with Crippen molar-refractivity contribution >= 4 is 29.9 Å². The molecule has 1 saturated heterocycles. The van der Waals surface area contributed by atoms with Gasteiger partial charge in [0.15, 0.2) is 0 Å². The van der Waals surface area contributed by atoms with Crippen LogP contribution in [0, 0.1) is 11.7 Å². The van der Waals surface area contributed by atoms with Crippen molar-refractivity contribution in [3.63, 3.8) is 0 Å². The molecule has 128 valence electrons. The maximum Gasteiger partial charge on any atom is 0.227 e. The highest BCUT2D eigenvalue weighted by Crippen LogP contribution is 2.20. The van der Waals surface area contributed by atoms with Gasteiger partial charge in [-0.1, -0.05) is 0 Å². The largest absolute Gasteiger partial charge is 0.343 e. The quantitative estimate of drug-likeness (QED) is 0.879.